The number of quaternary nitrogens is 1. The molecule has 1 aliphatic heterocycles. The first kappa shape index (κ1) is 12.4. The van der Waals surface area contributed by atoms with Crippen LogP contribution in [-0.2, 0) is 6.54 Å². The zero-order chi connectivity index (χ0) is 13.3. The number of nitrogens with zero attached hydrogens (tertiary/aromatic N) is 4. The van der Waals surface area contributed by atoms with Gasteiger partial charge in [0.15, 0.2) is 0 Å². The molecule has 18 heavy (non-hydrogen) atoms. The van der Waals surface area contributed by atoms with E-state index in [1.54, 1.807) is 12.1 Å². The topological polar surface area (TPSA) is 62.1 Å². The third-order valence-electron chi connectivity index (χ3n) is 2.46. The van der Waals surface area contributed by atoms with Crippen LogP contribution < -0.4 is 4.90 Å². The molecule has 0 atom stereocenters. The maximum Gasteiger partial charge on any atom is 0.375 e. The molecule has 1 aliphatic rings. The zero-order valence-corrected chi connectivity index (χ0v) is 10.6. The Morgan fingerprint density at radius 1 is 1.00 bits per heavy atom. The summed E-state index contributed by atoms with van der Waals surface area (Å²) in [5, 5.41) is 6.43. The lowest BCUT2D eigenvalue weighted by molar-refractivity contribution is -0.884. The highest BCUT2D eigenvalue weighted by Gasteiger charge is 2.28. The lowest BCUT2D eigenvalue weighted by atomic mass is 10.2. The van der Waals surface area contributed by atoms with E-state index >= 15 is 0 Å². The fourth-order valence-corrected chi connectivity index (χ4v) is 1.78. The van der Waals surface area contributed by atoms with Crippen molar-refractivity contribution in [1.29, 1.82) is 0 Å². The number of carbonyl (C=O) groups excluding carboxylic acids is 2. The van der Waals surface area contributed by atoms with Crippen LogP contribution in [0.4, 0.5) is 15.3 Å². The Hall–Kier alpha value is -2.08. The van der Waals surface area contributed by atoms with Gasteiger partial charge in [0.2, 0.25) is 0 Å². The van der Waals surface area contributed by atoms with Gasteiger partial charge < -0.3 is 4.48 Å². The first-order chi connectivity index (χ1) is 8.37. The molecule has 6 heteroatoms. The summed E-state index contributed by atoms with van der Waals surface area (Å²) < 4.78 is 0.811. The monoisotopic (exact) mass is 247 g/mol. The summed E-state index contributed by atoms with van der Waals surface area (Å²) in [6.45, 7) is 0.872. The fraction of sp³-hybridized carbons (Fsp3) is 0.333. The molecule has 0 spiro atoms. The van der Waals surface area contributed by atoms with Crippen molar-refractivity contribution in [3.8, 4) is 0 Å². The maximum absolute atomic E-state index is 11.3. The van der Waals surface area contributed by atoms with E-state index < -0.39 is 12.1 Å². The van der Waals surface area contributed by atoms with Crippen LogP contribution in [0.15, 0.2) is 34.5 Å². The first-order valence-electron chi connectivity index (χ1n) is 5.56. The Balaban J connectivity index is 2.18. The summed E-state index contributed by atoms with van der Waals surface area (Å²) in [6, 6.07) is 5.99. The molecule has 1 heterocycles. The highest BCUT2D eigenvalue weighted by Crippen LogP contribution is 2.21. The smallest absolute Gasteiger partial charge is 0.327 e. The fourth-order valence-electron chi connectivity index (χ4n) is 1.78. The van der Waals surface area contributed by atoms with Gasteiger partial charge in [-0.1, -0.05) is 22.4 Å². The number of anilines is 1. The van der Waals surface area contributed by atoms with Gasteiger partial charge in [0.1, 0.15) is 6.54 Å². The van der Waals surface area contributed by atoms with Crippen molar-refractivity contribution >= 4 is 17.7 Å². The van der Waals surface area contributed by atoms with Crippen molar-refractivity contribution < 1.29 is 14.1 Å². The van der Waals surface area contributed by atoms with Crippen molar-refractivity contribution in [1.82, 2.24) is 0 Å². The summed E-state index contributed by atoms with van der Waals surface area (Å²) in [5.41, 5.74) is 1.64. The molecule has 0 fully saturated rings. The number of imide groups is 1. The average molecular weight is 247 g/mol. The second-order valence-corrected chi connectivity index (χ2v) is 5.22. The number of urea groups is 2. The predicted octanol–water partition coefficient (Wildman–Crippen LogP) is 2.41. The minimum Gasteiger partial charge on any atom is -0.327 e. The van der Waals surface area contributed by atoms with E-state index in [4.69, 9.17) is 0 Å². The molecule has 2 rings (SSSR count). The van der Waals surface area contributed by atoms with E-state index in [0.717, 1.165) is 21.5 Å². The number of azo groups is 1. The highest BCUT2D eigenvalue weighted by molar-refractivity contribution is 6.17. The molecular weight excluding hydrogens is 232 g/mol. The highest BCUT2D eigenvalue weighted by atomic mass is 16.2. The molecule has 0 bridgehead atoms. The molecule has 0 unspecified atom stereocenters. The second kappa shape index (κ2) is 4.30. The van der Waals surface area contributed by atoms with Gasteiger partial charge in [0.25, 0.3) is 0 Å². The summed E-state index contributed by atoms with van der Waals surface area (Å²) in [6.07, 6.45) is 0. The van der Waals surface area contributed by atoms with Crippen LogP contribution in [0.5, 0.6) is 0 Å². The van der Waals surface area contributed by atoms with Crippen LogP contribution in [0, 0.1) is 0 Å². The third-order valence-corrected chi connectivity index (χ3v) is 2.46. The minimum absolute atomic E-state index is 0.500. The first-order valence-corrected chi connectivity index (χ1v) is 5.56. The van der Waals surface area contributed by atoms with Crippen LogP contribution in [0.25, 0.3) is 0 Å². The van der Waals surface area contributed by atoms with Crippen LogP contribution in [0.1, 0.15) is 5.56 Å². The molecule has 0 saturated carbocycles. The Labute approximate surface area is 105 Å². The zero-order valence-electron chi connectivity index (χ0n) is 10.6. The van der Waals surface area contributed by atoms with Gasteiger partial charge >= 0.3 is 12.1 Å². The van der Waals surface area contributed by atoms with Crippen molar-refractivity contribution in [2.24, 2.45) is 10.2 Å². The number of hydrogen-bond donors (Lipinski definition) is 0. The van der Waals surface area contributed by atoms with Crippen LogP contribution in [-0.4, -0.2) is 37.7 Å². The summed E-state index contributed by atoms with van der Waals surface area (Å²) in [5.74, 6) is 0. The molecule has 0 radical (unpaired) electrons. The molecule has 6 nitrogen and oxygen atoms in total. The van der Waals surface area contributed by atoms with Crippen molar-refractivity contribution in [2.45, 2.75) is 6.54 Å². The lowest BCUT2D eigenvalue weighted by Gasteiger charge is -2.24. The van der Waals surface area contributed by atoms with Gasteiger partial charge in [-0.2, -0.15) is 0 Å². The van der Waals surface area contributed by atoms with Gasteiger partial charge in [-0.25, -0.2) is 14.5 Å². The number of benzene rings is 1. The lowest BCUT2D eigenvalue weighted by Crippen LogP contribution is -2.33. The number of carbonyl (C=O) groups is 2. The summed E-state index contributed by atoms with van der Waals surface area (Å²) >= 11 is 0. The van der Waals surface area contributed by atoms with Gasteiger partial charge in [0, 0.05) is 5.56 Å². The number of amides is 4. The van der Waals surface area contributed by atoms with Gasteiger partial charge in [-0.15, -0.1) is 0 Å². The molecule has 0 aliphatic carbocycles. The van der Waals surface area contributed by atoms with E-state index in [1.165, 1.54) is 0 Å². The molecule has 1 aromatic carbocycles. The molecule has 94 valence electrons. The Morgan fingerprint density at radius 3 is 1.94 bits per heavy atom. The van der Waals surface area contributed by atoms with Crippen LogP contribution in [0.3, 0.4) is 0 Å². The third kappa shape index (κ3) is 2.60. The Bertz CT molecular complexity index is 496. The molecule has 0 aromatic heterocycles. The molecular formula is C12H15N4O2+. The van der Waals surface area contributed by atoms with Gasteiger partial charge in [-0.3, -0.25) is 0 Å². The van der Waals surface area contributed by atoms with Crippen LogP contribution >= 0.6 is 0 Å². The Morgan fingerprint density at radius 2 is 1.50 bits per heavy atom. The minimum atomic E-state index is -0.639. The predicted molar refractivity (Wildman–Crippen MR) is 66.3 cm³/mol. The second-order valence-electron chi connectivity index (χ2n) is 5.22. The SMILES string of the molecule is C[N+](C)(C)Cc1ccc(N2C(=O)N=NC2=O)cc1. The van der Waals surface area contributed by atoms with Crippen LogP contribution in [0.2, 0.25) is 0 Å². The van der Waals surface area contributed by atoms with Crippen molar-refractivity contribution in [2.75, 3.05) is 26.0 Å². The number of hydrogen-bond acceptors (Lipinski definition) is 2. The molecule has 0 N–H and O–H groups in total. The van der Waals surface area contributed by atoms with E-state index in [2.05, 4.69) is 31.4 Å². The van der Waals surface area contributed by atoms with E-state index in [1.807, 2.05) is 12.1 Å². The van der Waals surface area contributed by atoms with E-state index in [9.17, 15) is 9.59 Å². The quantitative estimate of drug-likeness (QED) is 0.770. The molecule has 1 aromatic rings. The van der Waals surface area contributed by atoms with Gasteiger partial charge in [-0.05, 0) is 12.1 Å². The molecule has 0 saturated heterocycles. The largest absolute Gasteiger partial charge is 0.375 e. The van der Waals surface area contributed by atoms with Gasteiger partial charge in [0.05, 0.1) is 26.8 Å². The average Bonchev–Trinajstić information content (AvgIpc) is 2.58. The summed E-state index contributed by atoms with van der Waals surface area (Å²) in [7, 11) is 6.29. The van der Waals surface area contributed by atoms with E-state index in [-0.39, 0.29) is 0 Å². The van der Waals surface area contributed by atoms with E-state index in [0.29, 0.717) is 5.69 Å². The number of rotatable bonds is 3. The standard InChI is InChI=1S/C12H15N4O2/c1-16(2,3)8-9-4-6-10(7-5-9)15-11(17)13-14-12(15)18/h4-7H,8H2,1-3H3/q+1. The maximum atomic E-state index is 11.3. The Kier molecular flexibility index (Phi) is 2.96. The van der Waals surface area contributed by atoms with Crippen molar-refractivity contribution in [3.63, 3.8) is 0 Å². The summed E-state index contributed by atoms with van der Waals surface area (Å²) in [4.78, 5) is 23.6. The normalized spacial score (nSPS) is 15.6. The van der Waals surface area contributed by atoms with Crippen molar-refractivity contribution in [3.05, 3.63) is 29.8 Å². The molecule has 4 amide bonds.